The largest absolute Gasteiger partial charge is 0.490 e. The number of hydrogen-bond acceptors (Lipinski definition) is 7. The van der Waals surface area contributed by atoms with E-state index in [1.54, 1.807) is 34.0 Å². The first-order valence-corrected chi connectivity index (χ1v) is 15.8. The summed E-state index contributed by atoms with van der Waals surface area (Å²) in [5.41, 5.74) is 5.37. The number of nitrogens with one attached hydrogen (secondary N) is 1. The summed E-state index contributed by atoms with van der Waals surface area (Å²) in [4.78, 5) is 38.8. The van der Waals surface area contributed by atoms with Gasteiger partial charge in [0.05, 0.1) is 25.0 Å². The van der Waals surface area contributed by atoms with Gasteiger partial charge in [-0.25, -0.2) is 9.59 Å². The van der Waals surface area contributed by atoms with E-state index in [-0.39, 0.29) is 25.3 Å². The number of aliphatic carboxylic acids is 1. The van der Waals surface area contributed by atoms with Gasteiger partial charge in [0.25, 0.3) is 5.91 Å². The molecule has 0 saturated heterocycles. The van der Waals surface area contributed by atoms with Gasteiger partial charge in [0.1, 0.15) is 19.0 Å². The molecule has 47 heavy (non-hydrogen) atoms. The standard InChI is InChI=1S/C34H32Cl2N4O7/c1-19-26(35)5-3-7-30(19)46-10-11-47-34(45)40-17-21-13-25(21)31-24(4-2-6-29(31)40)23-14-37-39(16-23)15-22-12-20(8-9-27(22)36)32(42)38-28(18-41)33(43)44/h2-9,12,14,16,21,25,28,41H,10-11,13,15,17-18H2,1H3,(H,38,42)(H,43,44)/t21-,25-,28-/m0/s1. The van der Waals surface area contributed by atoms with Crippen molar-refractivity contribution >= 4 is 46.9 Å². The number of ether oxygens (including phenoxy) is 2. The number of aromatic nitrogens is 2. The third kappa shape index (κ3) is 6.92. The van der Waals surface area contributed by atoms with Gasteiger partial charge in [-0.2, -0.15) is 5.10 Å². The predicted octanol–water partition coefficient (Wildman–Crippen LogP) is 5.53. The lowest BCUT2D eigenvalue weighted by molar-refractivity contribution is -0.140. The second-order valence-corrected chi connectivity index (χ2v) is 12.4. The number of carbonyl (C=O) groups is 3. The maximum Gasteiger partial charge on any atom is 0.414 e. The molecule has 244 valence electrons. The number of hydrogen-bond donors (Lipinski definition) is 3. The Morgan fingerprint density at radius 3 is 2.68 bits per heavy atom. The Balaban J connectivity index is 1.15. The van der Waals surface area contributed by atoms with Crippen LogP contribution in [0.2, 0.25) is 10.0 Å². The Hall–Kier alpha value is -4.58. The minimum absolute atomic E-state index is 0.0875. The molecule has 4 aromatic rings. The lowest BCUT2D eigenvalue weighted by Crippen LogP contribution is -2.43. The average Bonchev–Trinajstić information content (AvgIpc) is 3.71. The summed E-state index contributed by atoms with van der Waals surface area (Å²) in [5.74, 6) is -0.659. The van der Waals surface area contributed by atoms with Crippen molar-refractivity contribution in [3.05, 3.63) is 99.3 Å². The summed E-state index contributed by atoms with van der Waals surface area (Å²) in [6.07, 6.45) is 4.18. The van der Waals surface area contributed by atoms with Crippen LogP contribution in [0, 0.1) is 12.8 Å². The number of aliphatic hydroxyl groups excluding tert-OH is 1. The van der Waals surface area contributed by atoms with Crippen LogP contribution in [-0.4, -0.2) is 70.4 Å². The van der Waals surface area contributed by atoms with Crippen molar-refractivity contribution in [1.82, 2.24) is 15.1 Å². The maximum atomic E-state index is 13.3. The molecule has 2 amide bonds. The van der Waals surface area contributed by atoms with E-state index in [4.69, 9.17) is 37.8 Å². The van der Waals surface area contributed by atoms with E-state index < -0.39 is 30.6 Å². The van der Waals surface area contributed by atoms with Crippen molar-refractivity contribution in [3.8, 4) is 16.9 Å². The third-order valence-corrected chi connectivity index (χ3v) is 9.24. The monoisotopic (exact) mass is 678 g/mol. The lowest BCUT2D eigenvalue weighted by atomic mass is 9.93. The zero-order chi connectivity index (χ0) is 33.2. The molecule has 1 saturated carbocycles. The van der Waals surface area contributed by atoms with Gasteiger partial charge < -0.3 is 25.0 Å². The number of carboxylic acids is 1. The number of fused-ring (bicyclic) bond motifs is 3. The zero-order valence-electron chi connectivity index (χ0n) is 25.4. The number of benzene rings is 3. The topological polar surface area (TPSA) is 143 Å². The number of halogens is 2. The van der Waals surface area contributed by atoms with Crippen LogP contribution in [0.1, 0.15) is 39.4 Å². The molecule has 1 aliphatic heterocycles. The van der Waals surface area contributed by atoms with Crippen molar-refractivity contribution in [2.45, 2.75) is 31.8 Å². The number of rotatable bonds is 11. The van der Waals surface area contributed by atoms with Gasteiger partial charge in [-0.15, -0.1) is 0 Å². The normalized spacial score (nSPS) is 16.9. The molecule has 1 aliphatic carbocycles. The summed E-state index contributed by atoms with van der Waals surface area (Å²) < 4.78 is 13.1. The molecule has 0 radical (unpaired) electrons. The van der Waals surface area contributed by atoms with Gasteiger partial charge in [0.15, 0.2) is 6.04 Å². The maximum absolute atomic E-state index is 13.3. The number of anilines is 1. The molecule has 11 nitrogen and oxygen atoms in total. The minimum atomic E-state index is -1.42. The molecule has 0 spiro atoms. The number of carbonyl (C=O) groups excluding carboxylic acids is 2. The molecular weight excluding hydrogens is 647 g/mol. The highest BCUT2D eigenvalue weighted by Gasteiger charge is 2.48. The molecule has 2 heterocycles. The summed E-state index contributed by atoms with van der Waals surface area (Å²) in [6.45, 7) is 2.25. The first kappa shape index (κ1) is 32.4. The van der Waals surface area contributed by atoms with E-state index in [2.05, 4.69) is 10.4 Å². The van der Waals surface area contributed by atoms with Crippen LogP contribution in [0.5, 0.6) is 5.75 Å². The molecule has 1 fully saturated rings. The fourth-order valence-corrected chi connectivity index (χ4v) is 6.21. The third-order valence-electron chi connectivity index (χ3n) is 8.46. The molecule has 13 heteroatoms. The van der Waals surface area contributed by atoms with Gasteiger partial charge in [0.2, 0.25) is 0 Å². The van der Waals surface area contributed by atoms with Crippen molar-refractivity contribution in [1.29, 1.82) is 0 Å². The van der Waals surface area contributed by atoms with Crippen molar-refractivity contribution in [3.63, 3.8) is 0 Å². The van der Waals surface area contributed by atoms with Crippen molar-refractivity contribution < 1.29 is 34.1 Å². The highest BCUT2D eigenvalue weighted by molar-refractivity contribution is 6.31. The molecule has 1 aromatic heterocycles. The number of carboxylic acid groups (broad SMARTS) is 1. The number of aliphatic hydroxyl groups is 1. The SMILES string of the molecule is Cc1c(Cl)cccc1OCCOC(=O)N1C[C@@H]2C[C@@H]2c2c(-c3cnn(Cc4cc(C(=O)N[C@@H](CO)C(=O)O)ccc4Cl)c3)cccc21. The second-order valence-electron chi connectivity index (χ2n) is 11.6. The average molecular weight is 680 g/mol. The molecule has 0 bridgehead atoms. The van der Waals surface area contributed by atoms with E-state index in [9.17, 15) is 19.5 Å². The Kier molecular flexibility index (Phi) is 9.40. The molecule has 3 N–H and O–H groups in total. The molecule has 2 aliphatic rings. The molecule has 0 unspecified atom stereocenters. The van der Waals surface area contributed by atoms with Crippen LogP contribution in [0.3, 0.4) is 0 Å². The Bertz CT molecular complexity index is 1840. The fourth-order valence-electron chi connectivity index (χ4n) is 5.87. The van der Waals surface area contributed by atoms with Crippen molar-refractivity contribution in [2.75, 3.05) is 31.3 Å². The summed E-state index contributed by atoms with van der Waals surface area (Å²) in [6, 6.07) is 14.5. The summed E-state index contributed by atoms with van der Waals surface area (Å²) in [7, 11) is 0. The second kappa shape index (κ2) is 13.6. The van der Waals surface area contributed by atoms with Gasteiger partial charge in [-0.1, -0.05) is 41.4 Å². The zero-order valence-corrected chi connectivity index (χ0v) is 26.9. The van der Waals surface area contributed by atoms with Crippen LogP contribution in [0.4, 0.5) is 10.5 Å². The predicted molar refractivity (Wildman–Crippen MR) is 175 cm³/mol. The van der Waals surface area contributed by atoms with E-state index in [0.717, 1.165) is 34.4 Å². The lowest BCUT2D eigenvalue weighted by Gasteiger charge is -2.29. The van der Waals surface area contributed by atoms with E-state index in [1.165, 1.54) is 6.07 Å². The molecule has 3 aromatic carbocycles. The Morgan fingerprint density at radius 2 is 1.89 bits per heavy atom. The Morgan fingerprint density at radius 1 is 1.09 bits per heavy atom. The van der Waals surface area contributed by atoms with Gasteiger partial charge in [-0.05, 0) is 78.3 Å². The Labute approximate surface area is 280 Å². The number of nitrogens with zero attached hydrogens (tertiary/aromatic N) is 3. The quantitative estimate of drug-likeness (QED) is 0.176. The van der Waals surface area contributed by atoms with Crippen LogP contribution < -0.4 is 15.0 Å². The van der Waals surface area contributed by atoms with E-state index in [0.29, 0.717) is 39.7 Å². The van der Waals surface area contributed by atoms with Crippen LogP contribution in [0.25, 0.3) is 11.1 Å². The van der Waals surface area contributed by atoms with Crippen molar-refractivity contribution in [2.24, 2.45) is 5.92 Å². The van der Waals surface area contributed by atoms with Crippen LogP contribution >= 0.6 is 23.2 Å². The van der Waals surface area contributed by atoms with Gasteiger partial charge in [-0.3, -0.25) is 14.4 Å². The van der Waals surface area contributed by atoms with E-state index >= 15 is 0 Å². The summed E-state index contributed by atoms with van der Waals surface area (Å²) >= 11 is 12.6. The molecule has 6 rings (SSSR count). The summed E-state index contributed by atoms with van der Waals surface area (Å²) in [5, 5.41) is 26.2. The van der Waals surface area contributed by atoms with Gasteiger partial charge >= 0.3 is 12.1 Å². The number of amides is 2. The van der Waals surface area contributed by atoms with E-state index in [1.807, 2.05) is 43.5 Å². The molecular formula is C34H32Cl2N4O7. The minimum Gasteiger partial charge on any atom is -0.490 e. The van der Waals surface area contributed by atoms with Crippen LogP contribution in [0.15, 0.2) is 67.0 Å². The highest BCUT2D eigenvalue weighted by Crippen LogP contribution is 2.57. The first-order valence-electron chi connectivity index (χ1n) is 15.1. The smallest absolute Gasteiger partial charge is 0.414 e. The van der Waals surface area contributed by atoms with Gasteiger partial charge in [0, 0.05) is 39.5 Å². The highest BCUT2D eigenvalue weighted by atomic mass is 35.5. The van der Waals surface area contributed by atoms with Crippen LogP contribution in [-0.2, 0) is 16.1 Å². The first-order chi connectivity index (χ1) is 22.6. The molecule has 3 atom stereocenters. The fraction of sp³-hybridized carbons (Fsp3) is 0.294.